The Labute approximate surface area is 166 Å². The van der Waals surface area contributed by atoms with Gasteiger partial charge in [0, 0.05) is 23.2 Å². The Kier molecular flexibility index (Phi) is 4.68. The van der Waals surface area contributed by atoms with Crippen molar-refractivity contribution in [2.45, 2.75) is 39.3 Å². The third-order valence-electron chi connectivity index (χ3n) is 5.79. The Morgan fingerprint density at radius 3 is 2.50 bits per heavy atom. The fourth-order valence-electron chi connectivity index (χ4n) is 4.65. The van der Waals surface area contributed by atoms with Crippen LogP contribution < -0.4 is 14.8 Å². The second kappa shape index (κ2) is 7.02. The van der Waals surface area contributed by atoms with Crippen molar-refractivity contribution in [3.63, 3.8) is 0 Å². The van der Waals surface area contributed by atoms with E-state index in [1.165, 1.54) is 5.56 Å². The topological polar surface area (TPSA) is 50.7 Å². The van der Waals surface area contributed by atoms with Gasteiger partial charge in [0.05, 0.1) is 19.6 Å². The molecular weight excluding hydrogens is 350 g/mol. The Balaban J connectivity index is 2.04. The van der Waals surface area contributed by atoms with Gasteiger partial charge >= 0.3 is 0 Å². The Morgan fingerprint density at radius 1 is 1.04 bits per heavy atom. The minimum absolute atomic E-state index is 0.109. The van der Waals surface area contributed by atoms with Crippen LogP contribution in [0.5, 0.6) is 17.2 Å². The summed E-state index contributed by atoms with van der Waals surface area (Å²) in [6.07, 6.45) is 0.920. The van der Waals surface area contributed by atoms with E-state index < -0.39 is 0 Å². The average molecular weight is 377 g/mol. The van der Waals surface area contributed by atoms with Gasteiger partial charge in [-0.3, -0.25) is 0 Å². The van der Waals surface area contributed by atoms with Crippen LogP contribution in [0.25, 0.3) is 21.9 Å². The van der Waals surface area contributed by atoms with Crippen LogP contribution in [0.4, 0.5) is 0 Å². The van der Waals surface area contributed by atoms with E-state index in [0.717, 1.165) is 50.9 Å². The monoisotopic (exact) mass is 377 g/mol. The van der Waals surface area contributed by atoms with Gasteiger partial charge in [0.15, 0.2) is 0 Å². The van der Waals surface area contributed by atoms with Crippen molar-refractivity contribution in [3.05, 3.63) is 53.1 Å². The minimum Gasteiger partial charge on any atom is -0.507 e. The van der Waals surface area contributed by atoms with Crippen LogP contribution in [0.15, 0.2) is 36.4 Å². The molecule has 0 aliphatic carbocycles. The molecule has 146 valence electrons. The van der Waals surface area contributed by atoms with Gasteiger partial charge in [-0.05, 0) is 61.4 Å². The molecule has 0 fully saturated rings. The van der Waals surface area contributed by atoms with Gasteiger partial charge in [-0.25, -0.2) is 0 Å². The lowest BCUT2D eigenvalue weighted by Crippen LogP contribution is -2.36. The zero-order valence-electron chi connectivity index (χ0n) is 17.1. The van der Waals surface area contributed by atoms with Gasteiger partial charge in [-0.1, -0.05) is 24.3 Å². The first-order chi connectivity index (χ1) is 13.5. The zero-order valence-corrected chi connectivity index (χ0v) is 17.1. The Hall–Kier alpha value is -2.72. The third kappa shape index (κ3) is 2.80. The molecule has 0 spiro atoms. The molecule has 3 aromatic carbocycles. The van der Waals surface area contributed by atoms with E-state index in [4.69, 9.17) is 9.47 Å². The maximum absolute atomic E-state index is 11.3. The predicted octanol–water partition coefficient (Wildman–Crippen LogP) is 5.13. The molecule has 0 saturated heterocycles. The van der Waals surface area contributed by atoms with Crippen molar-refractivity contribution < 1.29 is 14.6 Å². The van der Waals surface area contributed by atoms with Gasteiger partial charge in [0.25, 0.3) is 0 Å². The number of aromatic hydroxyl groups is 1. The van der Waals surface area contributed by atoms with Gasteiger partial charge < -0.3 is 19.9 Å². The van der Waals surface area contributed by atoms with Crippen molar-refractivity contribution >= 4 is 10.8 Å². The van der Waals surface area contributed by atoms with Crippen LogP contribution in [0.2, 0.25) is 0 Å². The number of nitrogens with one attached hydrogen (secondary N) is 1. The van der Waals surface area contributed by atoms with Crippen LogP contribution in [0.3, 0.4) is 0 Å². The quantitative estimate of drug-likeness (QED) is 0.664. The molecule has 3 aromatic rings. The third-order valence-corrected chi connectivity index (χ3v) is 5.79. The lowest BCUT2D eigenvalue weighted by atomic mass is 9.85. The molecular formula is C24H27NO3. The molecule has 1 aliphatic heterocycles. The fourth-order valence-corrected chi connectivity index (χ4v) is 4.65. The number of fused-ring (bicyclic) bond motifs is 2. The van der Waals surface area contributed by atoms with E-state index in [9.17, 15) is 5.11 Å². The molecule has 2 N–H and O–H groups in total. The molecule has 0 amide bonds. The van der Waals surface area contributed by atoms with Crippen LogP contribution >= 0.6 is 0 Å². The van der Waals surface area contributed by atoms with Gasteiger partial charge in [-0.2, -0.15) is 0 Å². The Bertz CT molecular complexity index is 1060. The molecule has 1 unspecified atom stereocenters. The van der Waals surface area contributed by atoms with Crippen LogP contribution in [-0.2, 0) is 6.42 Å². The normalized spacial score (nSPS) is 18.8. The van der Waals surface area contributed by atoms with Crippen LogP contribution in [0, 0.1) is 6.92 Å². The van der Waals surface area contributed by atoms with Crippen LogP contribution in [0.1, 0.15) is 36.6 Å². The predicted molar refractivity (Wildman–Crippen MR) is 114 cm³/mol. The van der Waals surface area contributed by atoms with Gasteiger partial charge in [-0.15, -0.1) is 0 Å². The minimum atomic E-state index is 0.109. The van der Waals surface area contributed by atoms with Crippen molar-refractivity contribution in [3.8, 4) is 28.4 Å². The highest BCUT2D eigenvalue weighted by molar-refractivity contribution is 6.05. The number of phenolic OH excluding ortho intramolecular Hbond substituents is 1. The number of hydrogen-bond acceptors (Lipinski definition) is 4. The molecule has 2 atom stereocenters. The highest BCUT2D eigenvalue weighted by Gasteiger charge is 2.27. The highest BCUT2D eigenvalue weighted by Crippen LogP contribution is 2.46. The summed E-state index contributed by atoms with van der Waals surface area (Å²) in [6.45, 7) is 6.34. The summed E-state index contributed by atoms with van der Waals surface area (Å²) in [5.41, 5.74) is 5.13. The molecule has 0 bridgehead atoms. The van der Waals surface area contributed by atoms with Crippen LogP contribution in [-0.4, -0.2) is 25.4 Å². The summed E-state index contributed by atoms with van der Waals surface area (Å²) >= 11 is 0. The number of benzene rings is 3. The second-order valence-corrected chi connectivity index (χ2v) is 7.68. The fraction of sp³-hybridized carbons (Fsp3) is 0.333. The average Bonchev–Trinajstić information content (AvgIpc) is 2.67. The molecule has 4 rings (SSSR count). The molecule has 4 heteroatoms. The van der Waals surface area contributed by atoms with E-state index in [1.807, 2.05) is 24.3 Å². The van der Waals surface area contributed by atoms with E-state index in [0.29, 0.717) is 11.8 Å². The lowest BCUT2D eigenvalue weighted by Gasteiger charge is -2.31. The highest BCUT2D eigenvalue weighted by atomic mass is 16.5. The summed E-state index contributed by atoms with van der Waals surface area (Å²) in [7, 11) is 3.34. The summed E-state index contributed by atoms with van der Waals surface area (Å²) in [6, 6.07) is 12.7. The maximum Gasteiger partial charge on any atom is 0.130 e. The van der Waals surface area contributed by atoms with Gasteiger partial charge in [0.1, 0.15) is 17.2 Å². The SMILES string of the molecule is COc1cccc2c(-c3ccc4c(c3O)C(C)N[C@H](C)C4)c(C)cc(OC)c12. The van der Waals surface area contributed by atoms with E-state index >= 15 is 0 Å². The smallest absolute Gasteiger partial charge is 0.130 e. The molecule has 0 aromatic heterocycles. The largest absolute Gasteiger partial charge is 0.507 e. The summed E-state index contributed by atoms with van der Waals surface area (Å²) in [4.78, 5) is 0. The molecule has 0 saturated carbocycles. The molecule has 1 heterocycles. The number of methoxy groups -OCH3 is 2. The van der Waals surface area contributed by atoms with E-state index in [-0.39, 0.29) is 6.04 Å². The number of ether oxygens (including phenoxy) is 2. The maximum atomic E-state index is 11.3. The number of hydrogen-bond donors (Lipinski definition) is 2. The first kappa shape index (κ1) is 18.6. The van der Waals surface area contributed by atoms with Crippen molar-refractivity contribution in [1.82, 2.24) is 5.32 Å². The summed E-state index contributed by atoms with van der Waals surface area (Å²) in [5, 5.41) is 16.8. The summed E-state index contributed by atoms with van der Waals surface area (Å²) in [5.74, 6) is 1.90. The van der Waals surface area contributed by atoms with Crippen molar-refractivity contribution in [2.24, 2.45) is 0 Å². The van der Waals surface area contributed by atoms with E-state index in [1.54, 1.807) is 14.2 Å². The molecule has 1 aliphatic rings. The molecule has 4 nitrogen and oxygen atoms in total. The molecule has 28 heavy (non-hydrogen) atoms. The number of phenols is 1. The standard InChI is InChI=1S/C24H27NO3/c1-13-11-20(28-5)23-17(7-6-8-19(23)27-4)21(13)18-10-9-16-12-14(2)25-15(3)22(16)24(18)26/h6-11,14-15,25-26H,12H2,1-5H3/t14-,15?/m1/s1. The van der Waals surface area contributed by atoms with E-state index in [2.05, 4.69) is 38.2 Å². The zero-order chi connectivity index (χ0) is 20.0. The second-order valence-electron chi connectivity index (χ2n) is 7.68. The summed E-state index contributed by atoms with van der Waals surface area (Å²) < 4.78 is 11.2. The van der Waals surface area contributed by atoms with Crippen molar-refractivity contribution in [2.75, 3.05) is 14.2 Å². The first-order valence-electron chi connectivity index (χ1n) is 9.71. The molecule has 0 radical (unpaired) electrons. The van der Waals surface area contributed by atoms with Gasteiger partial charge in [0.2, 0.25) is 0 Å². The first-order valence-corrected chi connectivity index (χ1v) is 9.71. The lowest BCUT2D eigenvalue weighted by molar-refractivity contribution is 0.404. The number of rotatable bonds is 3. The number of aryl methyl sites for hydroxylation is 1. The van der Waals surface area contributed by atoms with Crippen molar-refractivity contribution in [1.29, 1.82) is 0 Å². The Morgan fingerprint density at radius 2 is 1.79 bits per heavy atom.